The van der Waals surface area contributed by atoms with E-state index in [9.17, 15) is 10.0 Å². The molecular formula is C21H22BN5O5. The van der Waals surface area contributed by atoms with E-state index in [1.165, 1.54) is 6.20 Å². The second-order valence-corrected chi connectivity index (χ2v) is 7.04. The summed E-state index contributed by atoms with van der Waals surface area (Å²) in [6.45, 7) is 3.50. The quantitative estimate of drug-likeness (QED) is 0.267. The molecule has 0 aliphatic rings. The molecule has 2 heterocycles. The number of anilines is 1. The van der Waals surface area contributed by atoms with Gasteiger partial charge in [0.1, 0.15) is 5.75 Å². The van der Waals surface area contributed by atoms with Crippen LogP contribution in [0.25, 0.3) is 27.7 Å². The number of aromatic nitrogens is 4. The summed E-state index contributed by atoms with van der Waals surface area (Å²) >= 11 is 0. The second kappa shape index (κ2) is 9.90. The fourth-order valence-electron chi connectivity index (χ4n) is 3.22. The SMILES string of the molecule is CC(C)Oc1cc(-n2cccn2)c(-c2ccc3c(N)cnnc3c2)cc1B(O)O.O=CO. The van der Waals surface area contributed by atoms with Crippen molar-refractivity contribution < 1.29 is 24.7 Å². The Morgan fingerprint density at radius 2 is 1.97 bits per heavy atom. The summed E-state index contributed by atoms with van der Waals surface area (Å²) in [5, 5.41) is 40.0. The molecule has 0 saturated heterocycles. The van der Waals surface area contributed by atoms with Crippen LogP contribution in [-0.2, 0) is 4.79 Å². The maximum atomic E-state index is 9.93. The normalized spacial score (nSPS) is 10.5. The van der Waals surface area contributed by atoms with Gasteiger partial charge in [-0.3, -0.25) is 4.79 Å². The van der Waals surface area contributed by atoms with Crippen LogP contribution in [0.2, 0.25) is 0 Å². The van der Waals surface area contributed by atoms with Gasteiger partial charge in [-0.15, -0.1) is 0 Å². The monoisotopic (exact) mass is 435 g/mol. The molecule has 164 valence electrons. The van der Waals surface area contributed by atoms with Crippen LogP contribution in [0.3, 0.4) is 0 Å². The number of rotatable bonds is 5. The van der Waals surface area contributed by atoms with Crippen LogP contribution in [0.1, 0.15) is 13.8 Å². The number of ether oxygens (including phenoxy) is 1. The highest BCUT2D eigenvalue weighted by atomic mass is 16.5. The van der Waals surface area contributed by atoms with Crippen molar-refractivity contribution in [2.75, 3.05) is 5.73 Å². The number of nitrogen functional groups attached to an aromatic ring is 1. The predicted molar refractivity (Wildman–Crippen MR) is 121 cm³/mol. The second-order valence-electron chi connectivity index (χ2n) is 7.04. The predicted octanol–water partition coefficient (Wildman–Crippen LogP) is 1.23. The average molecular weight is 435 g/mol. The largest absolute Gasteiger partial charge is 0.492 e. The maximum Gasteiger partial charge on any atom is 0.492 e. The molecule has 4 aromatic rings. The molecule has 0 unspecified atom stereocenters. The van der Waals surface area contributed by atoms with Crippen molar-refractivity contribution >= 4 is 35.6 Å². The Balaban J connectivity index is 0.000000913. The molecule has 0 aliphatic heterocycles. The topological polar surface area (TPSA) is 157 Å². The van der Waals surface area contributed by atoms with Gasteiger partial charge in [-0.05, 0) is 43.7 Å². The zero-order valence-corrected chi connectivity index (χ0v) is 17.5. The van der Waals surface area contributed by atoms with Crippen LogP contribution in [-0.4, -0.2) is 54.8 Å². The Morgan fingerprint density at radius 3 is 2.59 bits per heavy atom. The number of hydrogen-bond donors (Lipinski definition) is 4. The lowest BCUT2D eigenvalue weighted by Crippen LogP contribution is -2.33. The van der Waals surface area contributed by atoms with E-state index < -0.39 is 7.12 Å². The molecule has 10 nitrogen and oxygen atoms in total. The van der Waals surface area contributed by atoms with E-state index in [0.29, 0.717) is 17.0 Å². The minimum atomic E-state index is -1.69. The standard InChI is InChI=1S/C20H20BN5O3.CH2O2/c1-12(2)29-20-10-19(26-7-3-6-24-26)15(9-16(20)21(27)28)13-4-5-14-17(22)11-23-25-18(14)8-13;2-1-3/h3-12,27-28H,1-2H3,(H2,22,25);1H,(H,2,3). The van der Waals surface area contributed by atoms with Crippen LogP contribution in [0.5, 0.6) is 5.75 Å². The van der Waals surface area contributed by atoms with Crippen molar-refractivity contribution in [3.05, 3.63) is 55.0 Å². The van der Waals surface area contributed by atoms with E-state index in [4.69, 9.17) is 20.4 Å². The summed E-state index contributed by atoms with van der Waals surface area (Å²) in [4.78, 5) is 8.36. The first-order valence-electron chi connectivity index (χ1n) is 9.65. The summed E-state index contributed by atoms with van der Waals surface area (Å²) in [7, 11) is -1.69. The minimum absolute atomic E-state index is 0.136. The van der Waals surface area contributed by atoms with E-state index in [1.54, 1.807) is 23.0 Å². The zero-order valence-electron chi connectivity index (χ0n) is 17.5. The Bertz CT molecular complexity index is 1210. The lowest BCUT2D eigenvalue weighted by molar-refractivity contribution is -0.122. The molecule has 0 radical (unpaired) electrons. The fraction of sp³-hybridized carbons (Fsp3) is 0.143. The zero-order chi connectivity index (χ0) is 23.3. The van der Waals surface area contributed by atoms with Crippen molar-refractivity contribution in [1.82, 2.24) is 20.0 Å². The van der Waals surface area contributed by atoms with Gasteiger partial charge in [-0.1, -0.05) is 6.07 Å². The molecule has 2 aromatic carbocycles. The summed E-state index contributed by atoms with van der Waals surface area (Å²) in [6, 6.07) is 10.9. The molecule has 0 amide bonds. The van der Waals surface area contributed by atoms with Crippen molar-refractivity contribution in [2.24, 2.45) is 0 Å². The van der Waals surface area contributed by atoms with Gasteiger partial charge in [0.05, 0.1) is 29.2 Å². The van der Waals surface area contributed by atoms with Gasteiger partial charge in [0.15, 0.2) is 0 Å². The van der Waals surface area contributed by atoms with E-state index >= 15 is 0 Å². The molecule has 0 atom stereocenters. The molecular weight excluding hydrogens is 413 g/mol. The highest BCUT2D eigenvalue weighted by Crippen LogP contribution is 2.32. The Hall–Kier alpha value is -3.96. The molecule has 2 aromatic heterocycles. The lowest BCUT2D eigenvalue weighted by atomic mass is 9.77. The van der Waals surface area contributed by atoms with Gasteiger partial charge in [-0.25, -0.2) is 4.68 Å². The van der Waals surface area contributed by atoms with Crippen molar-refractivity contribution in [2.45, 2.75) is 20.0 Å². The average Bonchev–Trinajstić information content (AvgIpc) is 3.28. The fourth-order valence-corrected chi connectivity index (χ4v) is 3.22. The van der Waals surface area contributed by atoms with E-state index in [2.05, 4.69) is 15.3 Å². The van der Waals surface area contributed by atoms with Crippen molar-refractivity contribution in [3.8, 4) is 22.6 Å². The first-order chi connectivity index (χ1) is 15.3. The third-order valence-corrected chi connectivity index (χ3v) is 4.50. The van der Waals surface area contributed by atoms with Gasteiger partial charge in [0.2, 0.25) is 0 Å². The molecule has 0 fully saturated rings. The summed E-state index contributed by atoms with van der Waals surface area (Å²) < 4.78 is 7.52. The van der Waals surface area contributed by atoms with E-state index in [-0.39, 0.29) is 18.0 Å². The first-order valence-corrected chi connectivity index (χ1v) is 9.65. The summed E-state index contributed by atoms with van der Waals surface area (Å²) in [6.07, 6.45) is 4.86. The molecule has 5 N–H and O–H groups in total. The Kier molecular flexibility index (Phi) is 7.03. The van der Waals surface area contributed by atoms with Crippen LogP contribution in [0, 0.1) is 0 Å². The van der Waals surface area contributed by atoms with Gasteiger partial charge >= 0.3 is 7.12 Å². The molecule has 11 heteroatoms. The molecule has 0 spiro atoms. The Morgan fingerprint density at radius 1 is 1.22 bits per heavy atom. The molecule has 0 saturated carbocycles. The summed E-state index contributed by atoms with van der Waals surface area (Å²) in [5.41, 5.74) is 9.70. The number of nitrogens with two attached hydrogens (primary N) is 1. The number of hydrogen-bond acceptors (Lipinski definition) is 8. The third kappa shape index (κ3) is 4.85. The first kappa shape index (κ1) is 22.7. The smallest absolute Gasteiger partial charge is 0.491 e. The molecule has 0 bridgehead atoms. The van der Waals surface area contributed by atoms with E-state index in [0.717, 1.165) is 22.2 Å². The highest BCUT2D eigenvalue weighted by Gasteiger charge is 2.23. The number of carbonyl (C=O) groups is 1. The number of carboxylic acid groups (broad SMARTS) is 1. The number of benzene rings is 2. The van der Waals surface area contributed by atoms with Gasteiger partial charge < -0.3 is 25.6 Å². The van der Waals surface area contributed by atoms with Crippen LogP contribution in [0.15, 0.2) is 55.0 Å². The van der Waals surface area contributed by atoms with Crippen molar-refractivity contribution in [1.29, 1.82) is 0 Å². The van der Waals surface area contributed by atoms with Crippen LogP contribution >= 0.6 is 0 Å². The van der Waals surface area contributed by atoms with Crippen LogP contribution < -0.4 is 15.9 Å². The van der Waals surface area contributed by atoms with Crippen molar-refractivity contribution in [3.63, 3.8) is 0 Å². The number of nitrogens with zero attached hydrogens (tertiary/aromatic N) is 4. The van der Waals surface area contributed by atoms with Crippen LogP contribution in [0.4, 0.5) is 5.69 Å². The maximum absolute atomic E-state index is 9.93. The lowest BCUT2D eigenvalue weighted by Gasteiger charge is -2.19. The van der Waals surface area contributed by atoms with Gasteiger partial charge in [0.25, 0.3) is 6.47 Å². The number of fused-ring (bicyclic) bond motifs is 1. The highest BCUT2D eigenvalue weighted by molar-refractivity contribution is 6.60. The minimum Gasteiger partial charge on any atom is -0.491 e. The van der Waals surface area contributed by atoms with Gasteiger partial charge in [-0.2, -0.15) is 15.3 Å². The third-order valence-electron chi connectivity index (χ3n) is 4.50. The Labute approximate surface area is 184 Å². The van der Waals surface area contributed by atoms with Gasteiger partial charge in [0, 0.05) is 34.9 Å². The molecule has 32 heavy (non-hydrogen) atoms. The molecule has 0 aliphatic carbocycles. The van der Waals surface area contributed by atoms with E-state index in [1.807, 2.05) is 44.3 Å². The molecule has 4 rings (SSSR count). The summed E-state index contributed by atoms with van der Waals surface area (Å²) in [5.74, 6) is 0.383.